The van der Waals surface area contributed by atoms with Gasteiger partial charge in [-0.05, 0) is 64.4 Å². The average molecular weight is 345 g/mol. The van der Waals surface area contributed by atoms with E-state index in [1.165, 1.54) is 0 Å². The van der Waals surface area contributed by atoms with Crippen molar-refractivity contribution in [3.05, 3.63) is 77.5 Å². The van der Waals surface area contributed by atoms with Gasteiger partial charge in [0.05, 0.1) is 11.4 Å². The minimum atomic E-state index is 0.194. The van der Waals surface area contributed by atoms with Gasteiger partial charge in [-0.1, -0.05) is 24.3 Å². The summed E-state index contributed by atoms with van der Waals surface area (Å²) in [6.07, 6.45) is 0. The summed E-state index contributed by atoms with van der Waals surface area (Å²) in [5, 5.41) is 24.1. The molecule has 0 aliphatic heterocycles. The van der Waals surface area contributed by atoms with Crippen LogP contribution in [-0.4, -0.2) is 15.2 Å². The number of para-hydroxylation sites is 1. The number of aromatic nitrogens is 1. The van der Waals surface area contributed by atoms with Gasteiger partial charge in [-0.3, -0.25) is 0 Å². The monoisotopic (exact) mass is 345 g/mol. The van der Waals surface area contributed by atoms with E-state index in [2.05, 4.69) is 11.4 Å². The van der Waals surface area contributed by atoms with Crippen LogP contribution in [0.25, 0.3) is 33.6 Å². The zero-order valence-corrected chi connectivity index (χ0v) is 14.1. The molecule has 2 aromatic heterocycles. The predicted octanol–water partition coefficient (Wildman–Crippen LogP) is 5.56. The Balaban J connectivity index is 1.94. The molecule has 0 amide bonds. The molecular formula is C21H15NO2S. The van der Waals surface area contributed by atoms with Crippen molar-refractivity contribution < 1.29 is 10.2 Å². The molecule has 0 atom stereocenters. The highest BCUT2D eigenvalue weighted by Crippen LogP contribution is 2.34. The number of phenols is 2. The number of hydrogen-bond donors (Lipinski definition) is 2. The number of hydrogen-bond acceptors (Lipinski definition) is 4. The van der Waals surface area contributed by atoms with Gasteiger partial charge in [0.2, 0.25) is 0 Å². The predicted molar refractivity (Wildman–Crippen MR) is 102 cm³/mol. The summed E-state index contributed by atoms with van der Waals surface area (Å²) in [6, 6.07) is 20.2. The molecule has 4 rings (SSSR count). The van der Waals surface area contributed by atoms with E-state index < -0.39 is 0 Å². The average Bonchev–Trinajstić information content (AvgIpc) is 3.16. The van der Waals surface area contributed by atoms with Crippen molar-refractivity contribution in [2.75, 3.05) is 0 Å². The van der Waals surface area contributed by atoms with E-state index in [-0.39, 0.29) is 11.5 Å². The molecule has 0 spiro atoms. The smallest absolute Gasteiger partial charge is 0.124 e. The molecule has 0 aliphatic carbocycles. The first-order chi connectivity index (χ1) is 12.2. The maximum absolute atomic E-state index is 10.2. The Labute approximate surface area is 149 Å². The molecule has 2 aromatic carbocycles. The Hall–Kier alpha value is -3.11. The molecule has 4 aromatic rings. The lowest BCUT2D eigenvalue weighted by Gasteiger charge is -2.10. The third-order valence-electron chi connectivity index (χ3n) is 4.00. The lowest BCUT2D eigenvalue weighted by molar-refractivity contribution is 0.475. The van der Waals surface area contributed by atoms with Gasteiger partial charge in [-0.2, -0.15) is 11.3 Å². The highest BCUT2D eigenvalue weighted by molar-refractivity contribution is 7.08. The molecule has 0 aliphatic rings. The molecular weight excluding hydrogens is 330 g/mol. The molecule has 0 saturated carbocycles. The fraction of sp³-hybridized carbons (Fsp3) is 0. The van der Waals surface area contributed by atoms with Crippen molar-refractivity contribution in [2.24, 2.45) is 0 Å². The second-order valence-corrected chi connectivity index (χ2v) is 6.49. The third kappa shape index (κ3) is 3.12. The summed E-state index contributed by atoms with van der Waals surface area (Å²) >= 11 is 1.63. The molecule has 122 valence electrons. The van der Waals surface area contributed by atoms with E-state index in [0.29, 0.717) is 11.3 Å². The van der Waals surface area contributed by atoms with Crippen LogP contribution in [0.1, 0.15) is 0 Å². The zero-order chi connectivity index (χ0) is 17.2. The number of aromatic hydroxyl groups is 2. The first-order valence-electron chi connectivity index (χ1n) is 7.83. The van der Waals surface area contributed by atoms with Crippen LogP contribution in [0.4, 0.5) is 0 Å². The molecule has 25 heavy (non-hydrogen) atoms. The number of nitrogens with zero attached hydrogens (tertiary/aromatic N) is 1. The first kappa shape index (κ1) is 15.4. The van der Waals surface area contributed by atoms with Crippen LogP contribution >= 0.6 is 11.3 Å². The normalized spacial score (nSPS) is 10.7. The maximum Gasteiger partial charge on any atom is 0.124 e. The van der Waals surface area contributed by atoms with E-state index in [9.17, 15) is 10.2 Å². The lowest BCUT2D eigenvalue weighted by atomic mass is 10.0. The molecule has 2 N–H and O–H groups in total. The minimum absolute atomic E-state index is 0.194. The van der Waals surface area contributed by atoms with Gasteiger partial charge in [0.1, 0.15) is 11.5 Å². The van der Waals surface area contributed by atoms with Crippen molar-refractivity contribution in [1.29, 1.82) is 0 Å². The second kappa shape index (κ2) is 6.42. The van der Waals surface area contributed by atoms with Crippen molar-refractivity contribution in [3.63, 3.8) is 0 Å². The molecule has 4 heteroatoms. The Kier molecular flexibility index (Phi) is 3.96. The molecule has 0 unspecified atom stereocenters. The van der Waals surface area contributed by atoms with Crippen LogP contribution in [0.3, 0.4) is 0 Å². The standard InChI is InChI=1S/C21H15NO2S/c23-17-5-3-4-14(10-17)19-11-16(15-8-9-25-13-15)12-20(22-19)18-6-1-2-7-21(18)24/h1-13,23-24H. The van der Waals surface area contributed by atoms with Gasteiger partial charge in [-0.15, -0.1) is 0 Å². The van der Waals surface area contributed by atoms with Gasteiger partial charge in [0.15, 0.2) is 0 Å². The Morgan fingerprint density at radius 2 is 1.56 bits per heavy atom. The van der Waals surface area contributed by atoms with Gasteiger partial charge in [0, 0.05) is 11.1 Å². The van der Waals surface area contributed by atoms with Crippen LogP contribution in [0.15, 0.2) is 77.5 Å². The lowest BCUT2D eigenvalue weighted by Crippen LogP contribution is -1.91. The van der Waals surface area contributed by atoms with Crippen LogP contribution in [-0.2, 0) is 0 Å². The van der Waals surface area contributed by atoms with Gasteiger partial charge in [-0.25, -0.2) is 4.98 Å². The first-order valence-corrected chi connectivity index (χ1v) is 8.77. The van der Waals surface area contributed by atoms with Crippen LogP contribution in [0.2, 0.25) is 0 Å². The number of benzene rings is 2. The highest BCUT2D eigenvalue weighted by atomic mass is 32.1. The molecule has 0 fully saturated rings. The maximum atomic E-state index is 10.2. The molecule has 0 radical (unpaired) electrons. The second-order valence-electron chi connectivity index (χ2n) is 5.71. The summed E-state index contributed by atoms with van der Waals surface area (Å²) in [5.74, 6) is 0.392. The van der Waals surface area contributed by atoms with E-state index in [1.807, 2.05) is 35.7 Å². The molecule has 0 bridgehead atoms. The summed E-state index contributed by atoms with van der Waals surface area (Å²) in [7, 11) is 0. The Morgan fingerprint density at radius 3 is 2.32 bits per heavy atom. The van der Waals surface area contributed by atoms with E-state index in [0.717, 1.165) is 22.4 Å². The molecule has 0 saturated heterocycles. The van der Waals surface area contributed by atoms with Crippen molar-refractivity contribution in [2.45, 2.75) is 0 Å². The van der Waals surface area contributed by atoms with Gasteiger partial charge < -0.3 is 10.2 Å². The summed E-state index contributed by atoms with van der Waals surface area (Å²) in [6.45, 7) is 0. The van der Waals surface area contributed by atoms with Crippen molar-refractivity contribution in [3.8, 4) is 45.1 Å². The largest absolute Gasteiger partial charge is 0.508 e. The number of pyridine rings is 1. The van der Waals surface area contributed by atoms with Crippen molar-refractivity contribution in [1.82, 2.24) is 4.98 Å². The fourth-order valence-electron chi connectivity index (χ4n) is 2.77. The summed E-state index contributed by atoms with van der Waals surface area (Å²) in [4.78, 5) is 4.72. The topological polar surface area (TPSA) is 53.4 Å². The molecule has 2 heterocycles. The van der Waals surface area contributed by atoms with Crippen LogP contribution in [0, 0.1) is 0 Å². The number of thiophene rings is 1. The SMILES string of the molecule is Oc1cccc(-c2cc(-c3ccsc3)cc(-c3ccccc3O)n2)c1. The van der Waals surface area contributed by atoms with Crippen molar-refractivity contribution >= 4 is 11.3 Å². The quantitative estimate of drug-likeness (QED) is 0.511. The van der Waals surface area contributed by atoms with Crippen LogP contribution < -0.4 is 0 Å². The van der Waals surface area contributed by atoms with Gasteiger partial charge >= 0.3 is 0 Å². The molecule has 3 nitrogen and oxygen atoms in total. The Bertz CT molecular complexity index is 1030. The minimum Gasteiger partial charge on any atom is -0.508 e. The Morgan fingerprint density at radius 1 is 0.720 bits per heavy atom. The van der Waals surface area contributed by atoms with E-state index in [4.69, 9.17) is 4.98 Å². The van der Waals surface area contributed by atoms with Gasteiger partial charge in [0.25, 0.3) is 0 Å². The summed E-state index contributed by atoms with van der Waals surface area (Å²) in [5.41, 5.74) is 5.08. The highest BCUT2D eigenvalue weighted by Gasteiger charge is 2.11. The third-order valence-corrected chi connectivity index (χ3v) is 4.69. The van der Waals surface area contributed by atoms with E-state index in [1.54, 1.807) is 41.7 Å². The van der Waals surface area contributed by atoms with Crippen LogP contribution in [0.5, 0.6) is 11.5 Å². The number of phenolic OH excluding ortho intramolecular Hbond substituents is 2. The van der Waals surface area contributed by atoms with E-state index >= 15 is 0 Å². The fourth-order valence-corrected chi connectivity index (χ4v) is 3.43. The number of rotatable bonds is 3. The zero-order valence-electron chi connectivity index (χ0n) is 13.3. The summed E-state index contributed by atoms with van der Waals surface area (Å²) < 4.78 is 0.